The van der Waals surface area contributed by atoms with Crippen LogP contribution in [-0.4, -0.2) is 64.4 Å². The molecule has 0 aliphatic carbocycles. The van der Waals surface area contributed by atoms with Gasteiger partial charge in [0.25, 0.3) is 5.87 Å². The molecule has 2 heterocycles. The Morgan fingerprint density at radius 3 is 2.49 bits per heavy atom. The second kappa shape index (κ2) is 11.0. The van der Waals surface area contributed by atoms with E-state index in [4.69, 9.17) is 5.11 Å². The van der Waals surface area contributed by atoms with Crippen LogP contribution in [0, 0.1) is 12.3 Å². The van der Waals surface area contributed by atoms with Crippen LogP contribution in [0.25, 0.3) is 10.4 Å². The van der Waals surface area contributed by atoms with Crippen LogP contribution in [0.3, 0.4) is 0 Å². The smallest absolute Gasteiger partial charge is 0.366 e. The maximum absolute atomic E-state index is 13.4. The molecule has 2 aromatic rings. The molecular weight excluding hydrogens is 467 g/mol. The number of nitrogens with zero attached hydrogens (tertiary/aromatic N) is 2. The zero-order valence-corrected chi connectivity index (χ0v) is 21.3. The maximum atomic E-state index is 13.4. The van der Waals surface area contributed by atoms with Crippen LogP contribution in [0.2, 0.25) is 0 Å². The summed E-state index contributed by atoms with van der Waals surface area (Å²) in [6.45, 7) is 8.08. The summed E-state index contributed by atoms with van der Waals surface area (Å²) in [7, 11) is -0.717. The van der Waals surface area contributed by atoms with Gasteiger partial charge in [0.2, 0.25) is 11.8 Å². The van der Waals surface area contributed by atoms with Crippen molar-refractivity contribution in [2.75, 3.05) is 6.54 Å². The standard InChI is InChI=1S/C24H31BN4O5S/c1-14-18(35-13-27-14)16-9-7-15(8-10-16)12-26-20(30)17-6-5-11-29(17)21(31)19(24(2,3)4)28-22(32)25-23(33)34/h7-10,13,17,19,25H,5-6,11-12H2,1-4H3,(H,26,30)(H,28,32)(H,33,34)/t17-,19?/m0/s1. The van der Waals surface area contributed by atoms with Gasteiger partial charge in [-0.1, -0.05) is 45.0 Å². The zero-order chi connectivity index (χ0) is 25.8. The molecule has 1 aliphatic heterocycles. The summed E-state index contributed by atoms with van der Waals surface area (Å²) in [4.78, 5) is 56.2. The molecule has 35 heavy (non-hydrogen) atoms. The molecule has 1 aromatic heterocycles. The average molecular weight is 498 g/mol. The molecule has 0 saturated carbocycles. The Morgan fingerprint density at radius 2 is 1.91 bits per heavy atom. The van der Waals surface area contributed by atoms with E-state index >= 15 is 0 Å². The van der Waals surface area contributed by atoms with Crippen LogP contribution < -0.4 is 10.6 Å². The van der Waals surface area contributed by atoms with Crippen molar-refractivity contribution in [3.8, 4) is 10.4 Å². The third kappa shape index (κ3) is 6.69. The van der Waals surface area contributed by atoms with Gasteiger partial charge in [-0.3, -0.25) is 19.2 Å². The van der Waals surface area contributed by atoms with Crippen LogP contribution in [-0.2, 0) is 16.1 Å². The van der Waals surface area contributed by atoms with E-state index in [1.54, 1.807) is 32.1 Å². The summed E-state index contributed by atoms with van der Waals surface area (Å²) in [5.74, 6) is -2.62. The van der Waals surface area contributed by atoms with Gasteiger partial charge in [0.1, 0.15) is 12.1 Å². The summed E-state index contributed by atoms with van der Waals surface area (Å²) < 4.78 is 0. The Morgan fingerprint density at radius 1 is 1.23 bits per heavy atom. The largest absolute Gasteiger partial charge is 0.489 e. The number of amides is 3. The summed E-state index contributed by atoms with van der Waals surface area (Å²) in [6, 6.07) is 6.34. The van der Waals surface area contributed by atoms with E-state index in [0.29, 0.717) is 25.9 Å². The molecule has 3 rings (SSSR count). The Hall–Kier alpha value is -3.21. The van der Waals surface area contributed by atoms with Crippen LogP contribution in [0.4, 0.5) is 9.59 Å². The molecule has 2 atom stereocenters. The van der Waals surface area contributed by atoms with Gasteiger partial charge in [0, 0.05) is 13.1 Å². The van der Waals surface area contributed by atoms with Gasteiger partial charge in [-0.25, -0.2) is 4.98 Å². The molecule has 0 bridgehead atoms. The molecule has 11 heteroatoms. The summed E-state index contributed by atoms with van der Waals surface area (Å²) in [6.07, 6.45) is 1.20. The van der Waals surface area contributed by atoms with Gasteiger partial charge < -0.3 is 20.6 Å². The Bertz CT molecular complexity index is 1100. The van der Waals surface area contributed by atoms with Gasteiger partial charge in [-0.15, -0.1) is 11.3 Å². The molecule has 186 valence electrons. The van der Waals surface area contributed by atoms with Gasteiger partial charge in [0.15, 0.2) is 5.81 Å². The number of aryl methyl sites for hydroxylation is 1. The lowest BCUT2D eigenvalue weighted by atomic mass is 9.76. The second-order valence-electron chi connectivity index (χ2n) is 9.81. The van der Waals surface area contributed by atoms with Crippen LogP contribution in [0.5, 0.6) is 0 Å². The van der Waals surface area contributed by atoms with Gasteiger partial charge >= 0.3 is 7.28 Å². The minimum Gasteiger partial charge on any atom is -0.489 e. The molecule has 9 nitrogen and oxygen atoms in total. The van der Waals surface area contributed by atoms with E-state index in [1.807, 2.05) is 36.7 Å². The number of carbonyl (C=O) groups excluding carboxylic acids is 3. The molecular formula is C24H31BN4O5S. The monoisotopic (exact) mass is 498 g/mol. The van der Waals surface area contributed by atoms with Crippen LogP contribution >= 0.6 is 11.3 Å². The fourth-order valence-corrected chi connectivity index (χ4v) is 4.94. The SMILES string of the molecule is Cc1ncsc1-c1ccc(CNC(=O)[C@@H]2CCCN2C(=O)C(NC(=O)BC(=O)O)C(C)(C)C)cc1. The molecule has 1 aromatic carbocycles. The Kier molecular flexibility index (Phi) is 8.32. The number of thiazole rings is 1. The number of benzene rings is 1. The van der Waals surface area contributed by atoms with Gasteiger partial charge in [-0.2, -0.15) is 0 Å². The van der Waals surface area contributed by atoms with E-state index in [1.165, 1.54) is 4.90 Å². The molecule has 1 aliphatic rings. The fraction of sp³-hybridized carbons (Fsp3) is 0.458. The molecule has 1 fully saturated rings. The van der Waals surface area contributed by atoms with Crippen molar-refractivity contribution in [2.24, 2.45) is 5.41 Å². The van der Waals surface area contributed by atoms with Gasteiger partial charge in [-0.05, 0) is 36.3 Å². The van der Waals surface area contributed by atoms with E-state index in [2.05, 4.69) is 15.6 Å². The van der Waals surface area contributed by atoms with E-state index in [0.717, 1.165) is 21.7 Å². The summed E-state index contributed by atoms with van der Waals surface area (Å²) >= 11 is 1.58. The molecule has 3 N–H and O–H groups in total. The number of hydrogen-bond donors (Lipinski definition) is 3. The number of aromatic nitrogens is 1. The highest BCUT2D eigenvalue weighted by Gasteiger charge is 2.41. The molecule has 0 spiro atoms. The highest BCUT2D eigenvalue weighted by Crippen LogP contribution is 2.28. The summed E-state index contributed by atoms with van der Waals surface area (Å²) in [5, 5.41) is 14.4. The third-order valence-electron chi connectivity index (χ3n) is 6.00. The molecule has 1 saturated heterocycles. The Balaban J connectivity index is 1.64. The van der Waals surface area contributed by atoms with Crippen molar-refractivity contribution in [2.45, 2.75) is 59.2 Å². The van der Waals surface area contributed by atoms with Crippen molar-refractivity contribution >= 4 is 42.1 Å². The lowest BCUT2D eigenvalue weighted by Gasteiger charge is -2.35. The first-order chi connectivity index (χ1) is 16.5. The molecule has 3 amide bonds. The Labute approximate surface area is 209 Å². The van der Waals surface area contributed by atoms with Crippen LogP contribution in [0.15, 0.2) is 29.8 Å². The predicted molar refractivity (Wildman–Crippen MR) is 136 cm³/mol. The van der Waals surface area contributed by atoms with Crippen molar-refractivity contribution in [3.05, 3.63) is 41.0 Å². The average Bonchev–Trinajstić information content (AvgIpc) is 3.44. The van der Waals surface area contributed by atoms with Crippen molar-refractivity contribution in [1.82, 2.24) is 20.5 Å². The zero-order valence-electron chi connectivity index (χ0n) is 20.5. The van der Waals surface area contributed by atoms with Crippen molar-refractivity contribution < 1.29 is 24.3 Å². The quantitative estimate of drug-likeness (QED) is 0.480. The van der Waals surface area contributed by atoms with E-state index in [-0.39, 0.29) is 11.8 Å². The maximum Gasteiger partial charge on any atom is 0.366 e. The minimum absolute atomic E-state index is 0.247. The van der Waals surface area contributed by atoms with Gasteiger partial charge in [0.05, 0.1) is 16.1 Å². The number of hydrogen-bond acceptors (Lipinski definition) is 6. The normalized spacial score (nSPS) is 16.5. The second-order valence-corrected chi connectivity index (χ2v) is 10.7. The van der Waals surface area contributed by atoms with Crippen molar-refractivity contribution in [1.29, 1.82) is 0 Å². The number of carboxylic acid groups (broad SMARTS) is 1. The number of nitrogens with one attached hydrogen (secondary N) is 2. The topological polar surface area (TPSA) is 129 Å². The lowest BCUT2D eigenvalue weighted by Crippen LogP contribution is -2.58. The summed E-state index contributed by atoms with van der Waals surface area (Å²) in [5.41, 5.74) is 4.15. The fourth-order valence-electron chi connectivity index (χ4n) is 4.13. The lowest BCUT2D eigenvalue weighted by molar-refractivity contribution is -0.141. The first-order valence-electron chi connectivity index (χ1n) is 11.6. The number of carbonyl (C=O) groups is 4. The van der Waals surface area contributed by atoms with Crippen LogP contribution in [0.1, 0.15) is 44.9 Å². The predicted octanol–water partition coefficient (Wildman–Crippen LogP) is 2.96. The first kappa shape index (κ1) is 26.4. The number of rotatable bonds is 8. The van der Waals surface area contributed by atoms with Crippen molar-refractivity contribution in [3.63, 3.8) is 0 Å². The molecule has 1 unspecified atom stereocenters. The third-order valence-corrected chi connectivity index (χ3v) is 6.97. The highest BCUT2D eigenvalue weighted by atomic mass is 32.1. The minimum atomic E-state index is -1.27. The van der Waals surface area contributed by atoms with E-state index in [9.17, 15) is 19.2 Å². The first-order valence-corrected chi connectivity index (χ1v) is 12.4. The number of likely N-dealkylation sites (tertiary alicyclic amines) is 1. The molecule has 0 radical (unpaired) electrons. The highest BCUT2D eigenvalue weighted by molar-refractivity contribution is 7.13. The van der Waals surface area contributed by atoms with E-state index < -0.39 is 36.5 Å².